The number of halogens is 2. The summed E-state index contributed by atoms with van der Waals surface area (Å²) in [5, 5.41) is 0.719. The first-order valence-corrected chi connectivity index (χ1v) is 7.71. The van der Waals surface area contributed by atoms with Crippen LogP contribution in [-0.2, 0) is 4.79 Å². The van der Waals surface area contributed by atoms with Gasteiger partial charge in [0.05, 0.1) is 6.54 Å². The van der Waals surface area contributed by atoms with Gasteiger partial charge in [0.25, 0.3) is 11.8 Å². The van der Waals surface area contributed by atoms with Crippen molar-refractivity contribution in [3.05, 3.63) is 40.8 Å². The molecule has 7 heteroatoms. The first-order chi connectivity index (χ1) is 11.3. The van der Waals surface area contributed by atoms with Crippen LogP contribution in [0.15, 0.2) is 39.5 Å². The highest BCUT2D eigenvalue weighted by atomic mass is 19.3. The van der Waals surface area contributed by atoms with Crippen LogP contribution in [0.1, 0.15) is 19.8 Å². The maximum atomic E-state index is 13.4. The number of benzene rings is 1. The lowest BCUT2D eigenvalue weighted by Gasteiger charge is -2.33. The summed E-state index contributed by atoms with van der Waals surface area (Å²) in [6.07, 6.45) is -0.839. The summed E-state index contributed by atoms with van der Waals surface area (Å²) in [7, 11) is 0. The lowest BCUT2D eigenvalue weighted by molar-refractivity contribution is -0.148. The molecular weight excluding hydrogens is 320 g/mol. The average molecular weight is 337 g/mol. The van der Waals surface area contributed by atoms with Crippen LogP contribution in [0.4, 0.5) is 8.78 Å². The number of rotatable bonds is 3. The molecule has 5 nitrogen and oxygen atoms in total. The van der Waals surface area contributed by atoms with Crippen molar-refractivity contribution in [3.63, 3.8) is 0 Å². The minimum Gasteiger partial charge on any atom is -0.481 e. The molecule has 3 rings (SSSR count). The van der Waals surface area contributed by atoms with Crippen molar-refractivity contribution < 1.29 is 22.7 Å². The van der Waals surface area contributed by atoms with Crippen molar-refractivity contribution in [1.29, 1.82) is 0 Å². The summed E-state index contributed by atoms with van der Waals surface area (Å²) in [6, 6.07) is 7.77. The van der Waals surface area contributed by atoms with Crippen LogP contribution in [0.25, 0.3) is 11.0 Å². The Labute approximate surface area is 136 Å². The molecule has 0 spiro atoms. The number of hydrogen-bond donors (Lipinski definition) is 0. The van der Waals surface area contributed by atoms with Crippen LogP contribution in [-0.4, -0.2) is 35.9 Å². The Morgan fingerprint density at radius 2 is 2.08 bits per heavy atom. The van der Waals surface area contributed by atoms with E-state index in [1.807, 2.05) is 0 Å². The first-order valence-electron chi connectivity index (χ1n) is 7.71. The average Bonchev–Trinajstić information content (AvgIpc) is 2.52. The van der Waals surface area contributed by atoms with Gasteiger partial charge < -0.3 is 14.1 Å². The van der Waals surface area contributed by atoms with E-state index in [0.717, 1.165) is 10.3 Å². The van der Waals surface area contributed by atoms with Gasteiger partial charge in [0.1, 0.15) is 11.3 Å². The van der Waals surface area contributed by atoms with Crippen molar-refractivity contribution in [2.45, 2.75) is 31.8 Å². The molecule has 0 saturated carbocycles. The van der Waals surface area contributed by atoms with E-state index in [0.29, 0.717) is 17.9 Å². The van der Waals surface area contributed by atoms with E-state index in [1.165, 1.54) is 19.1 Å². The number of hydrogen-bond acceptors (Lipinski definition) is 4. The SMILES string of the molecule is CC(Oc1ccc2ccc(=O)oc2c1)C(=O)N1CCCC(F)(F)C1. The zero-order valence-electron chi connectivity index (χ0n) is 13.1. The molecule has 1 aliphatic rings. The lowest BCUT2D eigenvalue weighted by Crippen LogP contribution is -2.49. The molecule has 1 unspecified atom stereocenters. The monoisotopic (exact) mass is 337 g/mol. The Balaban J connectivity index is 1.73. The zero-order chi connectivity index (χ0) is 17.3. The summed E-state index contributed by atoms with van der Waals surface area (Å²) >= 11 is 0. The fraction of sp³-hybridized carbons (Fsp3) is 0.412. The molecule has 128 valence electrons. The summed E-state index contributed by atoms with van der Waals surface area (Å²) < 4.78 is 37.5. The molecule has 0 radical (unpaired) electrons. The van der Waals surface area contributed by atoms with Gasteiger partial charge in [0, 0.05) is 30.5 Å². The number of nitrogens with zero attached hydrogens (tertiary/aromatic N) is 1. The van der Waals surface area contributed by atoms with Crippen LogP contribution in [0.3, 0.4) is 0 Å². The van der Waals surface area contributed by atoms with Crippen molar-refractivity contribution in [2.75, 3.05) is 13.1 Å². The molecule has 1 atom stereocenters. The zero-order valence-corrected chi connectivity index (χ0v) is 13.1. The second-order valence-corrected chi connectivity index (χ2v) is 5.93. The van der Waals surface area contributed by atoms with E-state index in [1.54, 1.807) is 18.2 Å². The number of amides is 1. The van der Waals surface area contributed by atoms with E-state index >= 15 is 0 Å². The fourth-order valence-corrected chi connectivity index (χ4v) is 2.78. The van der Waals surface area contributed by atoms with Crippen LogP contribution >= 0.6 is 0 Å². The largest absolute Gasteiger partial charge is 0.481 e. The molecule has 1 amide bonds. The highest BCUT2D eigenvalue weighted by Gasteiger charge is 2.38. The smallest absolute Gasteiger partial charge is 0.336 e. The Kier molecular flexibility index (Phi) is 4.26. The molecule has 0 N–H and O–H groups in total. The Bertz CT molecular complexity index is 818. The predicted octanol–water partition coefficient (Wildman–Crippen LogP) is 2.82. The standard InChI is InChI=1S/C17H17F2NO4/c1-11(16(22)20-8-2-7-17(18,19)10-20)23-13-5-3-12-4-6-15(21)24-14(12)9-13/h3-6,9,11H,2,7-8,10H2,1H3. The number of alkyl halides is 2. The van der Waals surface area contributed by atoms with Crippen LogP contribution in [0.2, 0.25) is 0 Å². The minimum absolute atomic E-state index is 0.199. The molecule has 1 aliphatic heterocycles. The van der Waals surface area contributed by atoms with E-state index in [2.05, 4.69) is 0 Å². The summed E-state index contributed by atoms with van der Waals surface area (Å²) in [6.45, 7) is 1.24. The molecule has 1 aromatic heterocycles. The topological polar surface area (TPSA) is 59.8 Å². The number of likely N-dealkylation sites (tertiary alicyclic amines) is 1. The molecule has 2 heterocycles. The van der Waals surface area contributed by atoms with E-state index in [9.17, 15) is 18.4 Å². The normalized spacial score (nSPS) is 18.4. The Morgan fingerprint density at radius 3 is 2.83 bits per heavy atom. The molecule has 1 saturated heterocycles. The van der Waals surface area contributed by atoms with Gasteiger partial charge in [0.2, 0.25) is 0 Å². The van der Waals surface area contributed by atoms with Gasteiger partial charge in [0.15, 0.2) is 6.10 Å². The second kappa shape index (κ2) is 6.22. The molecule has 24 heavy (non-hydrogen) atoms. The molecule has 0 bridgehead atoms. The molecular formula is C17H17F2NO4. The highest BCUT2D eigenvalue weighted by molar-refractivity contribution is 5.81. The lowest BCUT2D eigenvalue weighted by atomic mass is 10.1. The predicted molar refractivity (Wildman–Crippen MR) is 83.3 cm³/mol. The Morgan fingerprint density at radius 1 is 1.33 bits per heavy atom. The van der Waals surface area contributed by atoms with E-state index in [4.69, 9.17) is 9.15 Å². The third-order valence-corrected chi connectivity index (χ3v) is 3.96. The van der Waals surface area contributed by atoms with Crippen LogP contribution in [0, 0.1) is 0 Å². The number of ether oxygens (including phenoxy) is 1. The quantitative estimate of drug-likeness (QED) is 0.808. The summed E-state index contributed by atoms with van der Waals surface area (Å²) in [5.74, 6) is -2.99. The first kappa shape index (κ1) is 16.4. The van der Waals surface area contributed by atoms with Crippen LogP contribution < -0.4 is 10.4 Å². The third-order valence-electron chi connectivity index (χ3n) is 3.96. The second-order valence-electron chi connectivity index (χ2n) is 5.93. The van der Waals surface area contributed by atoms with Gasteiger partial charge >= 0.3 is 5.63 Å². The number of carbonyl (C=O) groups excluding carboxylic acids is 1. The third kappa shape index (κ3) is 3.55. The summed E-state index contributed by atoms with van der Waals surface area (Å²) in [5.41, 5.74) is -0.150. The van der Waals surface area contributed by atoms with Gasteiger partial charge in [-0.1, -0.05) is 0 Å². The van der Waals surface area contributed by atoms with E-state index < -0.39 is 30.1 Å². The van der Waals surface area contributed by atoms with Gasteiger partial charge in [-0.05, 0) is 31.5 Å². The van der Waals surface area contributed by atoms with Gasteiger partial charge in [-0.3, -0.25) is 4.79 Å². The van der Waals surface area contributed by atoms with Gasteiger partial charge in [-0.15, -0.1) is 0 Å². The number of carbonyl (C=O) groups is 1. The summed E-state index contributed by atoms with van der Waals surface area (Å²) in [4.78, 5) is 24.7. The molecule has 2 aromatic rings. The van der Waals surface area contributed by atoms with E-state index in [-0.39, 0.29) is 12.8 Å². The van der Waals surface area contributed by atoms with Crippen LogP contribution in [0.5, 0.6) is 5.75 Å². The highest BCUT2D eigenvalue weighted by Crippen LogP contribution is 2.27. The molecule has 1 aromatic carbocycles. The molecule has 0 aliphatic carbocycles. The Hall–Kier alpha value is -2.44. The fourth-order valence-electron chi connectivity index (χ4n) is 2.78. The number of fused-ring (bicyclic) bond motifs is 1. The van der Waals surface area contributed by atoms with Crippen molar-refractivity contribution >= 4 is 16.9 Å². The van der Waals surface area contributed by atoms with Crippen molar-refractivity contribution in [1.82, 2.24) is 4.90 Å². The maximum Gasteiger partial charge on any atom is 0.336 e. The number of piperidine rings is 1. The maximum absolute atomic E-state index is 13.4. The van der Waals surface area contributed by atoms with Crippen molar-refractivity contribution in [2.24, 2.45) is 0 Å². The minimum atomic E-state index is -2.85. The van der Waals surface area contributed by atoms with Gasteiger partial charge in [-0.25, -0.2) is 13.6 Å². The van der Waals surface area contributed by atoms with Crippen molar-refractivity contribution in [3.8, 4) is 5.75 Å². The molecule has 1 fully saturated rings. The van der Waals surface area contributed by atoms with Gasteiger partial charge in [-0.2, -0.15) is 0 Å².